The van der Waals surface area contributed by atoms with Gasteiger partial charge in [-0.05, 0) is 37.2 Å². The Bertz CT molecular complexity index is 656. The molecule has 1 atom stereocenters. The SMILES string of the molecule is O=C1C[C@@]2(CCN(Cc3ccco3)C2)CN1c1cccnc1. The summed E-state index contributed by atoms with van der Waals surface area (Å²) >= 11 is 0. The van der Waals surface area contributed by atoms with Crippen molar-refractivity contribution in [3.8, 4) is 0 Å². The maximum Gasteiger partial charge on any atom is 0.227 e. The Morgan fingerprint density at radius 2 is 2.23 bits per heavy atom. The van der Waals surface area contributed by atoms with Crippen molar-refractivity contribution in [2.45, 2.75) is 19.4 Å². The molecule has 0 unspecified atom stereocenters. The number of aromatic nitrogens is 1. The molecular formula is C17H19N3O2. The second-order valence-corrected chi connectivity index (χ2v) is 6.41. The van der Waals surface area contributed by atoms with Crippen LogP contribution in [0.5, 0.6) is 0 Å². The number of hydrogen-bond acceptors (Lipinski definition) is 4. The minimum Gasteiger partial charge on any atom is -0.468 e. The summed E-state index contributed by atoms with van der Waals surface area (Å²) in [5, 5.41) is 0. The summed E-state index contributed by atoms with van der Waals surface area (Å²) in [6, 6.07) is 7.77. The topological polar surface area (TPSA) is 49.6 Å². The first-order valence-corrected chi connectivity index (χ1v) is 7.69. The largest absolute Gasteiger partial charge is 0.468 e. The first kappa shape index (κ1) is 13.5. The van der Waals surface area contributed by atoms with Crippen molar-refractivity contribution >= 4 is 11.6 Å². The highest BCUT2D eigenvalue weighted by Crippen LogP contribution is 2.42. The van der Waals surface area contributed by atoms with Crippen molar-refractivity contribution in [2.24, 2.45) is 5.41 Å². The number of likely N-dealkylation sites (tertiary alicyclic amines) is 1. The quantitative estimate of drug-likeness (QED) is 0.872. The number of hydrogen-bond donors (Lipinski definition) is 0. The van der Waals surface area contributed by atoms with Gasteiger partial charge in [0.25, 0.3) is 0 Å². The molecule has 2 aromatic heterocycles. The molecule has 0 saturated carbocycles. The number of amides is 1. The van der Waals surface area contributed by atoms with E-state index in [9.17, 15) is 4.79 Å². The normalized spacial score (nSPS) is 25.5. The van der Waals surface area contributed by atoms with Crippen LogP contribution in [0.2, 0.25) is 0 Å². The lowest BCUT2D eigenvalue weighted by atomic mass is 9.86. The smallest absolute Gasteiger partial charge is 0.227 e. The summed E-state index contributed by atoms with van der Waals surface area (Å²) in [6.07, 6.45) is 6.92. The first-order valence-electron chi connectivity index (χ1n) is 7.69. The van der Waals surface area contributed by atoms with Crippen molar-refractivity contribution in [1.29, 1.82) is 0 Å². The molecule has 2 aliphatic heterocycles. The van der Waals surface area contributed by atoms with Gasteiger partial charge in [0.2, 0.25) is 5.91 Å². The van der Waals surface area contributed by atoms with Crippen LogP contribution in [-0.2, 0) is 11.3 Å². The fourth-order valence-electron chi connectivity index (χ4n) is 3.70. The molecule has 2 aromatic rings. The lowest BCUT2D eigenvalue weighted by Crippen LogP contribution is -2.31. The predicted octanol–water partition coefficient (Wildman–Crippen LogP) is 2.30. The van der Waals surface area contributed by atoms with Crippen LogP contribution >= 0.6 is 0 Å². The molecule has 0 bridgehead atoms. The van der Waals surface area contributed by atoms with Gasteiger partial charge in [0.05, 0.1) is 24.7 Å². The molecule has 0 aromatic carbocycles. The summed E-state index contributed by atoms with van der Waals surface area (Å²) in [6.45, 7) is 3.60. The van der Waals surface area contributed by atoms with Crippen molar-refractivity contribution in [3.63, 3.8) is 0 Å². The number of pyridine rings is 1. The number of nitrogens with zero attached hydrogens (tertiary/aromatic N) is 3. The average molecular weight is 297 g/mol. The van der Waals surface area contributed by atoms with E-state index in [4.69, 9.17) is 4.42 Å². The Kier molecular flexibility index (Phi) is 3.22. The number of anilines is 1. The van der Waals surface area contributed by atoms with Gasteiger partial charge in [0.1, 0.15) is 5.76 Å². The molecule has 0 aliphatic carbocycles. The molecule has 22 heavy (non-hydrogen) atoms. The van der Waals surface area contributed by atoms with Crippen LogP contribution in [-0.4, -0.2) is 35.4 Å². The summed E-state index contributed by atoms with van der Waals surface area (Å²) in [5.41, 5.74) is 0.994. The van der Waals surface area contributed by atoms with Crippen LogP contribution in [0.25, 0.3) is 0 Å². The van der Waals surface area contributed by atoms with E-state index in [1.165, 1.54) is 0 Å². The third kappa shape index (κ3) is 2.41. The molecule has 0 N–H and O–H groups in total. The fourth-order valence-corrected chi connectivity index (χ4v) is 3.70. The fraction of sp³-hybridized carbons (Fsp3) is 0.412. The van der Waals surface area contributed by atoms with E-state index < -0.39 is 0 Å². The minimum absolute atomic E-state index is 0.0829. The van der Waals surface area contributed by atoms with Crippen LogP contribution in [0.3, 0.4) is 0 Å². The summed E-state index contributed by atoms with van der Waals surface area (Å²) < 4.78 is 5.43. The average Bonchev–Trinajstić information content (AvgIpc) is 3.23. The number of furan rings is 1. The van der Waals surface area contributed by atoms with Gasteiger partial charge in [-0.3, -0.25) is 14.7 Å². The van der Waals surface area contributed by atoms with Gasteiger partial charge in [-0.25, -0.2) is 0 Å². The van der Waals surface area contributed by atoms with Crippen molar-refractivity contribution in [3.05, 3.63) is 48.7 Å². The predicted molar refractivity (Wildman–Crippen MR) is 82.2 cm³/mol. The number of carbonyl (C=O) groups is 1. The van der Waals surface area contributed by atoms with Gasteiger partial charge in [-0.1, -0.05) is 0 Å². The molecule has 2 saturated heterocycles. The summed E-state index contributed by atoms with van der Waals surface area (Å²) in [4.78, 5) is 20.8. The molecule has 0 radical (unpaired) electrons. The molecule has 2 aliphatic rings. The Hall–Kier alpha value is -2.14. The standard InChI is InChI=1S/C17H19N3O2/c21-16-9-17(13-20(16)14-3-1-6-18-10-14)5-7-19(12-17)11-15-4-2-8-22-15/h1-4,6,8,10H,5,7,9,11-13H2/t17-/m1/s1. The lowest BCUT2D eigenvalue weighted by molar-refractivity contribution is -0.117. The second-order valence-electron chi connectivity index (χ2n) is 6.41. The molecular weight excluding hydrogens is 278 g/mol. The zero-order valence-electron chi connectivity index (χ0n) is 12.4. The molecule has 1 amide bonds. The number of rotatable bonds is 3. The number of carbonyl (C=O) groups excluding carboxylic acids is 1. The maximum absolute atomic E-state index is 12.4. The van der Waals surface area contributed by atoms with Crippen LogP contribution in [0.1, 0.15) is 18.6 Å². The summed E-state index contributed by atoms with van der Waals surface area (Å²) in [5.74, 6) is 1.21. The van der Waals surface area contributed by atoms with Crippen molar-refractivity contribution < 1.29 is 9.21 Å². The van der Waals surface area contributed by atoms with Crippen LogP contribution in [0.4, 0.5) is 5.69 Å². The molecule has 1 spiro atoms. The third-order valence-electron chi connectivity index (χ3n) is 4.76. The lowest BCUT2D eigenvalue weighted by Gasteiger charge is -2.24. The van der Waals surface area contributed by atoms with Gasteiger partial charge in [-0.15, -0.1) is 0 Å². The third-order valence-corrected chi connectivity index (χ3v) is 4.76. The van der Waals surface area contributed by atoms with E-state index in [2.05, 4.69) is 9.88 Å². The van der Waals surface area contributed by atoms with Gasteiger partial charge in [-0.2, -0.15) is 0 Å². The molecule has 4 rings (SSSR count). The highest BCUT2D eigenvalue weighted by Gasteiger charge is 2.47. The van der Waals surface area contributed by atoms with Gasteiger partial charge in [0.15, 0.2) is 0 Å². The summed E-state index contributed by atoms with van der Waals surface area (Å²) in [7, 11) is 0. The Morgan fingerprint density at radius 1 is 1.27 bits per heavy atom. The van der Waals surface area contributed by atoms with Crippen molar-refractivity contribution in [2.75, 3.05) is 24.5 Å². The van der Waals surface area contributed by atoms with Crippen LogP contribution in [0.15, 0.2) is 47.3 Å². The molecule has 114 valence electrons. The van der Waals surface area contributed by atoms with E-state index in [0.717, 1.165) is 44.0 Å². The van der Waals surface area contributed by atoms with E-state index in [1.807, 2.05) is 29.2 Å². The van der Waals surface area contributed by atoms with Crippen LogP contribution < -0.4 is 4.90 Å². The van der Waals surface area contributed by atoms with Gasteiger partial charge in [0, 0.05) is 31.1 Å². The molecule has 4 heterocycles. The monoisotopic (exact) mass is 297 g/mol. The molecule has 5 heteroatoms. The second kappa shape index (κ2) is 5.25. The molecule has 5 nitrogen and oxygen atoms in total. The van der Waals surface area contributed by atoms with E-state index in [0.29, 0.717) is 6.42 Å². The molecule has 2 fully saturated rings. The highest BCUT2D eigenvalue weighted by molar-refractivity contribution is 5.96. The maximum atomic E-state index is 12.4. The van der Waals surface area contributed by atoms with E-state index in [-0.39, 0.29) is 11.3 Å². The first-order chi connectivity index (χ1) is 10.7. The Balaban J connectivity index is 1.46. The van der Waals surface area contributed by atoms with Crippen molar-refractivity contribution in [1.82, 2.24) is 9.88 Å². The Morgan fingerprint density at radius 3 is 3.00 bits per heavy atom. The minimum atomic E-state index is 0.0829. The Labute approximate surface area is 129 Å². The van der Waals surface area contributed by atoms with E-state index in [1.54, 1.807) is 18.7 Å². The zero-order chi connectivity index (χ0) is 15.0. The van der Waals surface area contributed by atoms with Crippen LogP contribution in [0, 0.1) is 5.41 Å². The van der Waals surface area contributed by atoms with E-state index >= 15 is 0 Å². The van der Waals surface area contributed by atoms with Gasteiger partial charge >= 0.3 is 0 Å². The zero-order valence-corrected chi connectivity index (χ0v) is 12.4. The highest BCUT2D eigenvalue weighted by atomic mass is 16.3. The van der Waals surface area contributed by atoms with Gasteiger partial charge < -0.3 is 9.32 Å².